The number of thiazole rings is 1. The van der Waals surface area contributed by atoms with E-state index in [4.69, 9.17) is 9.47 Å². The third kappa shape index (κ3) is 4.67. The third-order valence-electron chi connectivity index (χ3n) is 6.82. The summed E-state index contributed by atoms with van der Waals surface area (Å²) >= 11 is 2.22. The van der Waals surface area contributed by atoms with E-state index in [1.54, 1.807) is 61.7 Å². The van der Waals surface area contributed by atoms with Crippen LogP contribution in [-0.4, -0.2) is 41.7 Å². The maximum Gasteiger partial charge on any atom is 0.305 e. The highest BCUT2D eigenvalue weighted by Crippen LogP contribution is 2.54. The van der Waals surface area contributed by atoms with Crippen molar-refractivity contribution in [3.63, 3.8) is 0 Å². The zero-order valence-corrected chi connectivity index (χ0v) is 22.8. The number of methoxy groups -OCH3 is 1. The number of nitrogens with one attached hydrogen (secondary N) is 2. The number of thioether (sulfide) groups is 1. The molecule has 11 heteroatoms. The molecule has 0 saturated carbocycles. The van der Waals surface area contributed by atoms with E-state index in [2.05, 4.69) is 10.3 Å². The van der Waals surface area contributed by atoms with Gasteiger partial charge in [-0.05, 0) is 42.5 Å². The number of para-hydroxylation sites is 2. The van der Waals surface area contributed by atoms with Gasteiger partial charge in [0, 0.05) is 22.0 Å². The van der Waals surface area contributed by atoms with Crippen LogP contribution in [0.5, 0.6) is 11.5 Å². The summed E-state index contributed by atoms with van der Waals surface area (Å²) in [7, 11) is 1.54. The van der Waals surface area contributed by atoms with Crippen molar-refractivity contribution in [2.45, 2.75) is 16.2 Å². The molecule has 3 amide bonds. The monoisotopic (exact) mass is 573 g/mol. The van der Waals surface area contributed by atoms with Crippen molar-refractivity contribution in [2.75, 3.05) is 23.9 Å². The fraction of sp³-hybridized carbons (Fsp3) is 0.172. The van der Waals surface area contributed by atoms with Gasteiger partial charge >= 0.3 is 4.87 Å². The lowest BCUT2D eigenvalue weighted by molar-refractivity contribution is -0.122. The smallest absolute Gasteiger partial charge is 0.305 e. The number of hydrogen-bond donors (Lipinski definition) is 2. The van der Waals surface area contributed by atoms with Crippen LogP contribution >= 0.6 is 23.1 Å². The molecule has 2 N–H and O–H groups in total. The molecule has 6 rings (SSSR count). The van der Waals surface area contributed by atoms with E-state index in [9.17, 15) is 19.2 Å². The molecule has 0 spiro atoms. The number of anilines is 2. The third-order valence-corrected chi connectivity index (χ3v) is 9.23. The number of carbonyl (C=O) groups is 3. The number of carbonyl (C=O) groups excluding carboxylic acids is 3. The second-order valence-corrected chi connectivity index (χ2v) is 11.4. The number of amides is 3. The summed E-state index contributed by atoms with van der Waals surface area (Å²) in [5.74, 6) is -1.46. The number of imide groups is 1. The molecule has 2 aliphatic heterocycles. The van der Waals surface area contributed by atoms with Crippen molar-refractivity contribution in [1.82, 2.24) is 4.98 Å². The van der Waals surface area contributed by atoms with Gasteiger partial charge in [-0.3, -0.25) is 19.2 Å². The fourth-order valence-corrected chi connectivity index (χ4v) is 7.57. The quantitative estimate of drug-likeness (QED) is 0.317. The Kier molecular flexibility index (Phi) is 6.91. The molecule has 3 heterocycles. The molecule has 0 aliphatic carbocycles. The number of rotatable bonds is 7. The molecule has 3 aromatic carbocycles. The Hall–Kier alpha value is -4.35. The number of ether oxygens (including phenoxy) is 2. The van der Waals surface area contributed by atoms with Crippen molar-refractivity contribution >= 4 is 52.2 Å². The van der Waals surface area contributed by atoms with Gasteiger partial charge in [-0.15, -0.1) is 0 Å². The summed E-state index contributed by atoms with van der Waals surface area (Å²) in [5, 5.41) is 2.61. The molecule has 0 radical (unpaired) electrons. The largest absolute Gasteiger partial charge is 0.497 e. The Bertz CT molecular complexity index is 1650. The van der Waals surface area contributed by atoms with Gasteiger partial charge in [-0.2, -0.15) is 0 Å². The minimum absolute atomic E-state index is 0.261. The van der Waals surface area contributed by atoms with Crippen LogP contribution < -0.4 is 24.6 Å². The highest BCUT2D eigenvalue weighted by molar-refractivity contribution is 8.00. The maximum absolute atomic E-state index is 14.0. The SMILES string of the molecule is COc1ccc(N2C(=O)[C@H]3[C@H](c4ccccc4OCC(=O)Nc4ccccc4)c4sc(=O)[nH]c4S[C@H]3C2=O)cc1. The zero-order valence-electron chi connectivity index (χ0n) is 21.2. The highest BCUT2D eigenvalue weighted by Gasteiger charge is 2.56. The number of H-pyrrole nitrogens is 1. The topological polar surface area (TPSA) is 118 Å². The Balaban J connectivity index is 1.34. The molecule has 1 saturated heterocycles. The Morgan fingerprint density at radius 3 is 2.42 bits per heavy atom. The minimum Gasteiger partial charge on any atom is -0.497 e. The summed E-state index contributed by atoms with van der Waals surface area (Å²) in [6.07, 6.45) is 0. The van der Waals surface area contributed by atoms with E-state index in [0.29, 0.717) is 38.3 Å². The standard InChI is InChI=1S/C29H23N3O6S2/c1-37-18-13-11-17(12-14-18)32-27(34)23-22(24-26(31-29(36)40-24)39-25(23)28(32)35)19-9-5-6-10-20(19)38-15-21(33)30-16-7-3-2-4-8-16/h2-14,22-23,25H,15H2,1H3,(H,30,33)(H,31,36)/t22-,23-,25+/m0/s1. The second-order valence-electron chi connectivity index (χ2n) is 9.20. The molecule has 40 heavy (non-hydrogen) atoms. The van der Waals surface area contributed by atoms with Gasteiger partial charge in [-0.1, -0.05) is 59.5 Å². The first-order chi connectivity index (χ1) is 19.4. The van der Waals surface area contributed by atoms with Gasteiger partial charge in [0.15, 0.2) is 6.61 Å². The summed E-state index contributed by atoms with van der Waals surface area (Å²) in [5.41, 5.74) is 1.72. The molecule has 1 aromatic heterocycles. The maximum atomic E-state index is 14.0. The van der Waals surface area contributed by atoms with Crippen LogP contribution in [0.1, 0.15) is 16.4 Å². The van der Waals surface area contributed by atoms with Gasteiger partial charge in [0.2, 0.25) is 11.8 Å². The van der Waals surface area contributed by atoms with Gasteiger partial charge in [0.25, 0.3) is 5.91 Å². The van der Waals surface area contributed by atoms with Crippen molar-refractivity contribution in [3.8, 4) is 11.5 Å². The number of aromatic nitrogens is 1. The summed E-state index contributed by atoms with van der Waals surface area (Å²) in [6, 6.07) is 22.9. The number of hydrogen-bond acceptors (Lipinski definition) is 8. The average molecular weight is 574 g/mol. The molecule has 202 valence electrons. The van der Waals surface area contributed by atoms with Gasteiger partial charge in [-0.25, -0.2) is 4.90 Å². The van der Waals surface area contributed by atoms with Gasteiger partial charge in [0.1, 0.15) is 16.7 Å². The molecule has 2 aliphatic rings. The van der Waals surface area contributed by atoms with E-state index in [0.717, 1.165) is 11.3 Å². The first-order valence-corrected chi connectivity index (χ1v) is 14.1. The molecule has 1 fully saturated rings. The molecular formula is C29H23N3O6S2. The average Bonchev–Trinajstić information content (AvgIpc) is 3.46. The first kappa shape index (κ1) is 25.9. The van der Waals surface area contributed by atoms with Crippen LogP contribution in [-0.2, 0) is 14.4 Å². The van der Waals surface area contributed by atoms with Crippen LogP contribution in [0.2, 0.25) is 0 Å². The summed E-state index contributed by atoms with van der Waals surface area (Å²) in [6.45, 7) is -0.261. The van der Waals surface area contributed by atoms with E-state index in [1.807, 2.05) is 24.3 Å². The summed E-state index contributed by atoms with van der Waals surface area (Å²) < 4.78 is 11.2. The van der Waals surface area contributed by atoms with Crippen LogP contribution in [0.3, 0.4) is 0 Å². The lowest BCUT2D eigenvalue weighted by Gasteiger charge is -2.30. The first-order valence-electron chi connectivity index (χ1n) is 12.4. The predicted molar refractivity (Wildman–Crippen MR) is 152 cm³/mol. The van der Waals surface area contributed by atoms with Crippen LogP contribution in [0.15, 0.2) is 88.7 Å². The lowest BCUT2D eigenvalue weighted by Crippen LogP contribution is -2.32. The molecule has 4 aromatic rings. The van der Waals surface area contributed by atoms with Crippen LogP contribution in [0, 0.1) is 5.92 Å². The van der Waals surface area contributed by atoms with Crippen molar-refractivity contribution < 1.29 is 23.9 Å². The molecular weight excluding hydrogens is 550 g/mol. The van der Waals surface area contributed by atoms with Crippen molar-refractivity contribution in [1.29, 1.82) is 0 Å². The predicted octanol–water partition coefficient (Wildman–Crippen LogP) is 4.26. The van der Waals surface area contributed by atoms with Crippen LogP contribution in [0.4, 0.5) is 11.4 Å². The van der Waals surface area contributed by atoms with Crippen molar-refractivity contribution in [2.24, 2.45) is 5.92 Å². The fourth-order valence-electron chi connectivity index (χ4n) is 5.07. The van der Waals surface area contributed by atoms with Crippen molar-refractivity contribution in [3.05, 3.63) is 99.0 Å². The van der Waals surface area contributed by atoms with E-state index >= 15 is 0 Å². The van der Waals surface area contributed by atoms with E-state index < -0.39 is 17.1 Å². The second kappa shape index (κ2) is 10.7. The molecule has 9 nitrogen and oxygen atoms in total. The Morgan fingerprint density at radius 1 is 0.950 bits per heavy atom. The zero-order chi connectivity index (χ0) is 27.8. The molecule has 0 bridgehead atoms. The highest BCUT2D eigenvalue weighted by atomic mass is 32.2. The van der Waals surface area contributed by atoms with E-state index in [-0.39, 0.29) is 29.2 Å². The van der Waals surface area contributed by atoms with Crippen LogP contribution in [0.25, 0.3) is 0 Å². The van der Waals surface area contributed by atoms with Gasteiger partial charge in [0.05, 0.1) is 23.7 Å². The Morgan fingerprint density at radius 2 is 1.68 bits per heavy atom. The normalized spacial score (nSPS) is 19.6. The lowest BCUT2D eigenvalue weighted by atomic mass is 9.82. The number of fused-ring (bicyclic) bond motifs is 2. The molecule has 0 unspecified atom stereocenters. The summed E-state index contributed by atoms with van der Waals surface area (Å²) in [4.78, 5) is 57.1. The molecule has 3 atom stereocenters. The van der Waals surface area contributed by atoms with Gasteiger partial charge < -0.3 is 19.8 Å². The Labute approximate surface area is 237 Å². The number of nitrogens with zero attached hydrogens (tertiary/aromatic N) is 1. The minimum atomic E-state index is -0.776. The number of benzene rings is 3. The number of aromatic amines is 1. The van der Waals surface area contributed by atoms with E-state index in [1.165, 1.54) is 16.7 Å².